The van der Waals surface area contributed by atoms with Crippen molar-refractivity contribution in [3.05, 3.63) is 75.3 Å². The van der Waals surface area contributed by atoms with Gasteiger partial charge in [0.15, 0.2) is 9.84 Å². The largest absolute Gasteiger partial charge is 0.465 e. The summed E-state index contributed by atoms with van der Waals surface area (Å²) in [6, 6.07) is 10.1. The third kappa shape index (κ3) is 6.64. The molecule has 9 nitrogen and oxygen atoms in total. The number of benzene rings is 2. The molecule has 0 aromatic heterocycles. The Labute approximate surface area is 219 Å². The van der Waals surface area contributed by atoms with Crippen LogP contribution in [0.5, 0.6) is 0 Å². The molecule has 36 heavy (non-hydrogen) atoms. The van der Waals surface area contributed by atoms with Gasteiger partial charge in [0.25, 0.3) is 0 Å². The molecule has 0 fully saturated rings. The molecular weight excluding hydrogens is 527 g/mol. The zero-order valence-corrected chi connectivity index (χ0v) is 22.1. The fourth-order valence-electron chi connectivity index (χ4n) is 3.51. The SMILES string of the molecule is Cc1c(Cl)ccc(S(=O)(=O)CNC/C=C/C(=O)N(C)Cc2ccc(C3=NCCN3C(=O)O)cc2)c1Cl. The number of likely N-dealkylation sites (N-methyl/N-ethyl adjacent to an activating group) is 1. The van der Waals surface area contributed by atoms with Crippen LogP contribution in [0.1, 0.15) is 16.7 Å². The number of amides is 2. The van der Waals surface area contributed by atoms with Gasteiger partial charge in [0, 0.05) is 36.8 Å². The van der Waals surface area contributed by atoms with Gasteiger partial charge in [-0.2, -0.15) is 0 Å². The van der Waals surface area contributed by atoms with E-state index in [4.69, 9.17) is 23.2 Å². The number of carbonyl (C=O) groups excluding carboxylic acids is 1. The lowest BCUT2D eigenvalue weighted by Gasteiger charge is -2.17. The van der Waals surface area contributed by atoms with Crippen molar-refractivity contribution in [3.63, 3.8) is 0 Å². The number of amidine groups is 1. The number of hydrogen-bond acceptors (Lipinski definition) is 6. The summed E-state index contributed by atoms with van der Waals surface area (Å²) in [6.45, 7) is 2.93. The second-order valence-electron chi connectivity index (χ2n) is 8.13. The highest BCUT2D eigenvalue weighted by Gasteiger charge is 2.24. The molecule has 1 aliphatic heterocycles. The molecule has 1 heterocycles. The number of hydrogen-bond donors (Lipinski definition) is 2. The Bertz CT molecular complexity index is 1310. The van der Waals surface area contributed by atoms with Gasteiger partial charge in [0.05, 0.1) is 23.0 Å². The van der Waals surface area contributed by atoms with Crippen LogP contribution in [0.3, 0.4) is 0 Å². The van der Waals surface area contributed by atoms with Gasteiger partial charge >= 0.3 is 6.09 Å². The Morgan fingerprint density at radius 1 is 1.19 bits per heavy atom. The Morgan fingerprint density at radius 3 is 2.56 bits per heavy atom. The third-order valence-electron chi connectivity index (χ3n) is 5.51. The van der Waals surface area contributed by atoms with Crippen molar-refractivity contribution in [2.45, 2.75) is 18.4 Å². The molecule has 2 aromatic rings. The topological polar surface area (TPSA) is 119 Å². The van der Waals surface area contributed by atoms with Crippen LogP contribution in [-0.2, 0) is 21.2 Å². The highest BCUT2D eigenvalue weighted by atomic mass is 35.5. The summed E-state index contributed by atoms with van der Waals surface area (Å²) < 4.78 is 25.1. The summed E-state index contributed by atoms with van der Waals surface area (Å²) in [4.78, 5) is 30.7. The van der Waals surface area contributed by atoms with Crippen LogP contribution in [0.2, 0.25) is 10.0 Å². The second kappa shape index (κ2) is 11.9. The minimum Gasteiger partial charge on any atom is -0.465 e. The predicted octanol–water partition coefficient (Wildman–Crippen LogP) is 3.58. The van der Waals surface area contributed by atoms with Crippen LogP contribution < -0.4 is 5.32 Å². The molecule has 0 aliphatic carbocycles. The van der Waals surface area contributed by atoms with Crippen molar-refractivity contribution in [1.29, 1.82) is 0 Å². The molecule has 0 radical (unpaired) electrons. The van der Waals surface area contributed by atoms with Gasteiger partial charge in [-0.1, -0.05) is 53.5 Å². The average Bonchev–Trinajstić information content (AvgIpc) is 3.33. The van der Waals surface area contributed by atoms with Crippen molar-refractivity contribution in [1.82, 2.24) is 15.1 Å². The first-order chi connectivity index (χ1) is 17.0. The monoisotopic (exact) mass is 552 g/mol. The standard InChI is InChI=1S/C24H26Cl2N4O5S/c1-16-19(25)9-10-20(22(16)26)36(34,35)15-27-11-3-4-21(31)29(2)14-17-5-7-18(8-6-17)23-28-12-13-30(23)24(32)33/h3-10,27H,11-15H2,1-2H3,(H,32,33)/b4-3+. The minimum absolute atomic E-state index is 0.0000426. The first kappa shape index (κ1) is 27.7. The molecule has 0 atom stereocenters. The van der Waals surface area contributed by atoms with Gasteiger partial charge in [-0.25, -0.2) is 13.2 Å². The zero-order valence-electron chi connectivity index (χ0n) is 19.7. The normalized spacial score (nSPS) is 13.8. The average molecular weight is 553 g/mol. The Hall–Kier alpha value is -2.92. The number of carbonyl (C=O) groups is 2. The van der Waals surface area contributed by atoms with Crippen LogP contribution in [0.15, 0.2) is 58.4 Å². The molecule has 3 rings (SSSR count). The zero-order chi connectivity index (χ0) is 26.5. The molecule has 12 heteroatoms. The molecular formula is C24H26Cl2N4O5S. The van der Waals surface area contributed by atoms with Crippen LogP contribution in [-0.4, -0.2) is 73.7 Å². The molecule has 2 N–H and O–H groups in total. The first-order valence-corrected chi connectivity index (χ1v) is 13.4. The van der Waals surface area contributed by atoms with E-state index in [-0.39, 0.29) is 28.2 Å². The molecule has 192 valence electrons. The van der Waals surface area contributed by atoms with Crippen LogP contribution in [0, 0.1) is 6.92 Å². The van der Waals surface area contributed by atoms with Gasteiger partial charge in [0.1, 0.15) is 11.7 Å². The number of aliphatic imine (C=N–C) groups is 1. The minimum atomic E-state index is -3.68. The molecule has 0 saturated carbocycles. The molecule has 0 spiro atoms. The van der Waals surface area contributed by atoms with E-state index >= 15 is 0 Å². The lowest BCUT2D eigenvalue weighted by atomic mass is 10.1. The number of sulfone groups is 1. The van der Waals surface area contributed by atoms with E-state index in [0.29, 0.717) is 41.6 Å². The fraction of sp³-hybridized carbons (Fsp3) is 0.292. The Kier molecular flexibility index (Phi) is 9.13. The second-order valence-corrected chi connectivity index (χ2v) is 10.9. The van der Waals surface area contributed by atoms with Crippen molar-refractivity contribution in [2.75, 3.05) is 32.6 Å². The van der Waals surface area contributed by atoms with Crippen LogP contribution in [0.25, 0.3) is 0 Å². The maximum absolute atomic E-state index is 12.6. The van der Waals surface area contributed by atoms with Crippen molar-refractivity contribution in [2.24, 2.45) is 4.99 Å². The number of nitrogens with zero attached hydrogens (tertiary/aromatic N) is 3. The van der Waals surface area contributed by atoms with Gasteiger partial charge in [-0.05, 0) is 30.2 Å². The maximum atomic E-state index is 12.6. The van der Waals surface area contributed by atoms with E-state index in [1.165, 1.54) is 28.0 Å². The molecule has 0 unspecified atom stereocenters. The fourth-order valence-corrected chi connectivity index (χ4v) is 5.48. The number of rotatable bonds is 9. The van der Waals surface area contributed by atoms with Gasteiger partial charge in [0.2, 0.25) is 5.91 Å². The lowest BCUT2D eigenvalue weighted by molar-refractivity contribution is -0.125. The molecule has 1 aliphatic rings. The summed E-state index contributed by atoms with van der Waals surface area (Å²) in [7, 11) is -2.03. The first-order valence-electron chi connectivity index (χ1n) is 10.9. The highest BCUT2D eigenvalue weighted by molar-refractivity contribution is 7.91. The van der Waals surface area contributed by atoms with E-state index in [0.717, 1.165) is 5.56 Å². The van der Waals surface area contributed by atoms with E-state index in [1.54, 1.807) is 32.2 Å². The maximum Gasteiger partial charge on any atom is 0.413 e. The van der Waals surface area contributed by atoms with E-state index in [9.17, 15) is 23.1 Å². The van der Waals surface area contributed by atoms with Crippen molar-refractivity contribution >= 4 is 50.9 Å². The quantitative estimate of drug-likeness (QED) is 0.362. The summed E-state index contributed by atoms with van der Waals surface area (Å²) in [5.74, 6) is -0.180. The summed E-state index contributed by atoms with van der Waals surface area (Å²) in [5.41, 5.74) is 2.06. The van der Waals surface area contributed by atoms with Crippen molar-refractivity contribution in [3.8, 4) is 0 Å². The van der Waals surface area contributed by atoms with Crippen molar-refractivity contribution < 1.29 is 23.1 Å². The number of nitrogens with one attached hydrogen (secondary N) is 1. The summed E-state index contributed by atoms with van der Waals surface area (Å²) >= 11 is 12.1. The van der Waals surface area contributed by atoms with E-state index < -0.39 is 15.9 Å². The van der Waals surface area contributed by atoms with E-state index in [1.807, 2.05) is 12.1 Å². The predicted molar refractivity (Wildman–Crippen MR) is 139 cm³/mol. The van der Waals surface area contributed by atoms with Gasteiger partial charge < -0.3 is 10.0 Å². The molecule has 0 bridgehead atoms. The summed E-state index contributed by atoms with van der Waals surface area (Å²) in [5, 5.41) is 12.5. The molecule has 2 aromatic carbocycles. The van der Waals surface area contributed by atoms with Gasteiger partial charge in [-0.3, -0.25) is 20.0 Å². The Balaban J connectivity index is 1.49. The van der Waals surface area contributed by atoms with E-state index in [2.05, 4.69) is 10.3 Å². The lowest BCUT2D eigenvalue weighted by Crippen LogP contribution is -2.33. The Morgan fingerprint density at radius 2 is 1.89 bits per heavy atom. The number of halogens is 2. The van der Waals surface area contributed by atoms with Gasteiger partial charge in [-0.15, -0.1) is 0 Å². The summed E-state index contributed by atoms with van der Waals surface area (Å²) in [6.07, 6.45) is 1.87. The van der Waals surface area contributed by atoms with Crippen LogP contribution >= 0.6 is 23.2 Å². The highest BCUT2D eigenvalue weighted by Crippen LogP contribution is 2.30. The van der Waals surface area contributed by atoms with Crippen LogP contribution in [0.4, 0.5) is 4.79 Å². The molecule has 0 saturated heterocycles. The smallest absolute Gasteiger partial charge is 0.413 e. The molecule has 2 amide bonds. The third-order valence-corrected chi connectivity index (χ3v) is 8.12. The number of carboxylic acid groups (broad SMARTS) is 1.